The first-order valence-corrected chi connectivity index (χ1v) is 8.60. The molecule has 2 aromatic rings. The van der Waals surface area contributed by atoms with Crippen molar-refractivity contribution >= 4 is 12.0 Å². The SMILES string of the molecule is COC(=O)C1=C(C)N(Cc2ccccc2)C(=O)NC1c1cccc(OC)c1. The molecule has 0 aromatic heterocycles. The van der Waals surface area contributed by atoms with E-state index in [1.807, 2.05) is 48.5 Å². The minimum absolute atomic E-state index is 0.267. The van der Waals surface area contributed by atoms with Crippen molar-refractivity contribution in [1.82, 2.24) is 10.2 Å². The van der Waals surface area contributed by atoms with Crippen molar-refractivity contribution in [3.05, 3.63) is 77.0 Å². The number of carbonyl (C=O) groups is 2. The summed E-state index contributed by atoms with van der Waals surface area (Å²) in [7, 11) is 2.91. The van der Waals surface area contributed by atoms with Gasteiger partial charge in [0.05, 0.1) is 32.4 Å². The van der Waals surface area contributed by atoms with Crippen molar-refractivity contribution in [2.24, 2.45) is 0 Å². The van der Waals surface area contributed by atoms with Gasteiger partial charge < -0.3 is 14.8 Å². The Morgan fingerprint density at radius 3 is 2.52 bits per heavy atom. The van der Waals surface area contributed by atoms with E-state index < -0.39 is 12.0 Å². The molecule has 1 N–H and O–H groups in total. The molecule has 1 atom stereocenters. The van der Waals surface area contributed by atoms with Gasteiger partial charge in [-0.1, -0.05) is 42.5 Å². The molecule has 1 heterocycles. The molecule has 0 saturated heterocycles. The molecule has 6 nitrogen and oxygen atoms in total. The third kappa shape index (κ3) is 3.79. The Balaban J connectivity index is 2.03. The Kier molecular flexibility index (Phi) is 5.45. The molecule has 0 radical (unpaired) electrons. The second kappa shape index (κ2) is 7.95. The molecule has 1 unspecified atom stereocenters. The van der Waals surface area contributed by atoms with Crippen molar-refractivity contribution in [1.29, 1.82) is 0 Å². The summed E-state index contributed by atoms with van der Waals surface area (Å²) in [5.41, 5.74) is 2.70. The van der Waals surface area contributed by atoms with Crippen LogP contribution >= 0.6 is 0 Å². The number of hydrogen-bond donors (Lipinski definition) is 1. The average molecular weight is 366 g/mol. The van der Waals surface area contributed by atoms with E-state index in [1.54, 1.807) is 25.0 Å². The van der Waals surface area contributed by atoms with E-state index in [-0.39, 0.29) is 6.03 Å². The van der Waals surface area contributed by atoms with E-state index in [9.17, 15) is 9.59 Å². The first-order valence-electron chi connectivity index (χ1n) is 8.60. The third-order valence-electron chi connectivity index (χ3n) is 4.61. The third-order valence-corrected chi connectivity index (χ3v) is 4.61. The van der Waals surface area contributed by atoms with Crippen LogP contribution in [-0.2, 0) is 16.1 Å². The zero-order valence-electron chi connectivity index (χ0n) is 15.6. The predicted molar refractivity (Wildman–Crippen MR) is 101 cm³/mol. The highest BCUT2D eigenvalue weighted by Gasteiger charge is 2.36. The molecule has 27 heavy (non-hydrogen) atoms. The molecular weight excluding hydrogens is 344 g/mol. The number of hydrogen-bond acceptors (Lipinski definition) is 4. The van der Waals surface area contributed by atoms with E-state index >= 15 is 0 Å². The van der Waals surface area contributed by atoms with Crippen LogP contribution in [0, 0.1) is 0 Å². The number of methoxy groups -OCH3 is 2. The Morgan fingerprint density at radius 2 is 1.85 bits per heavy atom. The van der Waals surface area contributed by atoms with E-state index in [0.29, 0.717) is 23.6 Å². The quantitative estimate of drug-likeness (QED) is 0.824. The Hall–Kier alpha value is -3.28. The van der Waals surface area contributed by atoms with Crippen molar-refractivity contribution < 1.29 is 19.1 Å². The van der Waals surface area contributed by atoms with E-state index in [2.05, 4.69) is 5.32 Å². The highest BCUT2D eigenvalue weighted by atomic mass is 16.5. The summed E-state index contributed by atoms with van der Waals surface area (Å²) in [6.45, 7) is 2.13. The molecule has 1 aliphatic heterocycles. The number of allylic oxidation sites excluding steroid dienone is 1. The number of benzene rings is 2. The Labute approximate surface area is 158 Å². The molecule has 0 bridgehead atoms. The number of nitrogens with one attached hydrogen (secondary N) is 1. The highest BCUT2D eigenvalue weighted by molar-refractivity contribution is 5.95. The van der Waals surface area contributed by atoms with Crippen LogP contribution in [0.2, 0.25) is 0 Å². The van der Waals surface area contributed by atoms with Gasteiger partial charge in [0.2, 0.25) is 0 Å². The van der Waals surface area contributed by atoms with Crippen LogP contribution in [0.3, 0.4) is 0 Å². The maximum atomic E-state index is 12.8. The highest BCUT2D eigenvalue weighted by Crippen LogP contribution is 2.33. The molecule has 0 fully saturated rings. The lowest BCUT2D eigenvalue weighted by molar-refractivity contribution is -0.136. The fraction of sp³-hybridized carbons (Fsp3) is 0.238. The van der Waals surface area contributed by atoms with E-state index in [1.165, 1.54) is 7.11 Å². The van der Waals surface area contributed by atoms with Gasteiger partial charge in [0.1, 0.15) is 5.75 Å². The number of ether oxygens (including phenoxy) is 2. The summed E-state index contributed by atoms with van der Waals surface area (Å²) < 4.78 is 10.3. The van der Waals surface area contributed by atoms with Crippen LogP contribution in [-0.4, -0.2) is 31.1 Å². The molecule has 0 spiro atoms. The summed E-state index contributed by atoms with van der Waals surface area (Å²) in [5, 5.41) is 2.92. The molecule has 1 aliphatic rings. The maximum absolute atomic E-state index is 12.8. The predicted octanol–water partition coefficient (Wildman–Crippen LogP) is 3.41. The smallest absolute Gasteiger partial charge is 0.337 e. The summed E-state index contributed by atoms with van der Waals surface area (Å²) in [4.78, 5) is 26.9. The van der Waals surface area contributed by atoms with Crippen molar-refractivity contribution in [3.63, 3.8) is 0 Å². The minimum atomic E-state index is -0.605. The summed E-state index contributed by atoms with van der Waals surface area (Å²) >= 11 is 0. The van der Waals surface area contributed by atoms with Crippen LogP contribution < -0.4 is 10.1 Å². The van der Waals surface area contributed by atoms with Crippen molar-refractivity contribution in [2.45, 2.75) is 19.5 Å². The lowest BCUT2D eigenvalue weighted by Gasteiger charge is -2.35. The van der Waals surface area contributed by atoms with Crippen molar-refractivity contribution in [3.8, 4) is 5.75 Å². The maximum Gasteiger partial charge on any atom is 0.337 e. The second-order valence-electron chi connectivity index (χ2n) is 6.22. The van der Waals surface area contributed by atoms with Crippen LogP contribution in [0.25, 0.3) is 0 Å². The number of rotatable bonds is 5. The fourth-order valence-corrected chi connectivity index (χ4v) is 3.18. The van der Waals surface area contributed by atoms with Crippen LogP contribution in [0.1, 0.15) is 24.1 Å². The fourth-order valence-electron chi connectivity index (χ4n) is 3.18. The van der Waals surface area contributed by atoms with Crippen LogP contribution in [0.5, 0.6) is 5.75 Å². The lowest BCUT2D eigenvalue weighted by atomic mass is 9.94. The zero-order valence-corrected chi connectivity index (χ0v) is 15.6. The minimum Gasteiger partial charge on any atom is -0.497 e. The standard InChI is InChI=1S/C21H22N2O4/c1-14-18(20(24)27-3)19(16-10-7-11-17(12-16)26-2)22-21(25)23(14)13-15-8-5-4-6-9-15/h4-12,19H,13H2,1-3H3,(H,22,25). The molecule has 2 amide bonds. The van der Waals surface area contributed by atoms with Gasteiger partial charge in [-0.05, 0) is 30.2 Å². The van der Waals surface area contributed by atoms with Gasteiger partial charge in [-0.2, -0.15) is 0 Å². The molecule has 2 aromatic carbocycles. The molecule has 140 valence electrons. The van der Waals surface area contributed by atoms with Gasteiger partial charge in [-0.3, -0.25) is 4.90 Å². The normalized spacial score (nSPS) is 16.8. The summed E-state index contributed by atoms with van der Waals surface area (Å²) in [6, 6.07) is 16.0. The molecule has 3 rings (SSSR count). The Bertz CT molecular complexity index is 877. The number of nitrogens with zero attached hydrogens (tertiary/aromatic N) is 1. The van der Waals surface area contributed by atoms with Crippen LogP contribution in [0.15, 0.2) is 65.9 Å². The van der Waals surface area contributed by atoms with Gasteiger partial charge in [-0.15, -0.1) is 0 Å². The summed E-state index contributed by atoms with van der Waals surface area (Å²) in [5.74, 6) is 0.175. The molecule has 0 aliphatic carbocycles. The van der Waals surface area contributed by atoms with E-state index in [4.69, 9.17) is 9.47 Å². The number of urea groups is 1. The molecular formula is C21H22N2O4. The number of amides is 2. The Morgan fingerprint density at radius 1 is 1.11 bits per heavy atom. The monoisotopic (exact) mass is 366 g/mol. The topological polar surface area (TPSA) is 67.9 Å². The molecule has 0 saturated carbocycles. The van der Waals surface area contributed by atoms with Gasteiger partial charge in [0.25, 0.3) is 0 Å². The van der Waals surface area contributed by atoms with Crippen molar-refractivity contribution in [2.75, 3.05) is 14.2 Å². The average Bonchev–Trinajstić information content (AvgIpc) is 2.71. The largest absolute Gasteiger partial charge is 0.497 e. The lowest BCUT2D eigenvalue weighted by Crippen LogP contribution is -2.47. The molecule has 6 heteroatoms. The van der Waals surface area contributed by atoms with Gasteiger partial charge in [-0.25, -0.2) is 9.59 Å². The van der Waals surface area contributed by atoms with Gasteiger partial charge in [0, 0.05) is 5.70 Å². The van der Waals surface area contributed by atoms with E-state index in [0.717, 1.165) is 11.1 Å². The first-order chi connectivity index (χ1) is 13.0. The van der Waals surface area contributed by atoms with Crippen LogP contribution in [0.4, 0.5) is 4.79 Å². The van der Waals surface area contributed by atoms with Gasteiger partial charge >= 0.3 is 12.0 Å². The zero-order chi connectivity index (χ0) is 19.4. The number of carbonyl (C=O) groups excluding carboxylic acids is 2. The first kappa shape index (κ1) is 18.5. The van der Waals surface area contributed by atoms with Gasteiger partial charge in [0.15, 0.2) is 0 Å². The number of esters is 1. The summed E-state index contributed by atoms with van der Waals surface area (Å²) in [6.07, 6.45) is 0. The second-order valence-corrected chi connectivity index (χ2v) is 6.22.